The molecule has 5 heteroatoms. The fourth-order valence-electron chi connectivity index (χ4n) is 1.99. The predicted molar refractivity (Wildman–Crippen MR) is 75.7 cm³/mol. The van der Waals surface area contributed by atoms with Crippen molar-refractivity contribution in [2.24, 2.45) is 11.8 Å². The Bertz CT molecular complexity index is 398. The number of carbonyl (C=O) groups excluding carboxylic acids is 1. The predicted octanol–water partition coefficient (Wildman–Crippen LogP) is 2.20. The van der Waals surface area contributed by atoms with Gasteiger partial charge in [0.2, 0.25) is 0 Å². The van der Waals surface area contributed by atoms with Gasteiger partial charge in [0.05, 0.1) is 11.9 Å². The molecule has 0 radical (unpaired) electrons. The molecular weight excluding hydrogens is 240 g/mol. The minimum atomic E-state index is -0.192. The standard InChI is InChI=1S/C14H26N4O/c1-6-15-8-12-9-18(17-16-12)13(7-10(2)3)14(19)11(4)5/h9-11,13,15H,6-8H2,1-5H3/t13-/m0/s1. The second-order valence-corrected chi connectivity index (χ2v) is 5.67. The van der Waals surface area contributed by atoms with Crippen molar-refractivity contribution in [3.05, 3.63) is 11.9 Å². The third-order valence-electron chi connectivity index (χ3n) is 3.03. The molecule has 0 spiro atoms. The summed E-state index contributed by atoms with van der Waals surface area (Å²) in [5.41, 5.74) is 0.882. The van der Waals surface area contributed by atoms with Gasteiger partial charge >= 0.3 is 0 Å². The highest BCUT2D eigenvalue weighted by atomic mass is 16.1. The minimum absolute atomic E-state index is 0.0187. The summed E-state index contributed by atoms with van der Waals surface area (Å²) in [5, 5.41) is 11.5. The average Bonchev–Trinajstić information content (AvgIpc) is 2.80. The number of nitrogens with zero attached hydrogens (tertiary/aromatic N) is 3. The Balaban J connectivity index is 2.84. The summed E-state index contributed by atoms with van der Waals surface area (Å²) in [6.45, 7) is 11.8. The van der Waals surface area contributed by atoms with E-state index in [1.165, 1.54) is 0 Å². The highest BCUT2D eigenvalue weighted by Crippen LogP contribution is 2.21. The molecule has 0 aliphatic heterocycles. The van der Waals surface area contributed by atoms with Crippen LogP contribution in [0.15, 0.2) is 6.20 Å². The zero-order valence-electron chi connectivity index (χ0n) is 12.7. The summed E-state index contributed by atoms with van der Waals surface area (Å²) < 4.78 is 1.73. The summed E-state index contributed by atoms with van der Waals surface area (Å²) in [4.78, 5) is 12.3. The molecule has 1 aromatic heterocycles. The van der Waals surface area contributed by atoms with Crippen molar-refractivity contribution in [1.29, 1.82) is 0 Å². The number of nitrogens with one attached hydrogen (secondary N) is 1. The number of hydrogen-bond acceptors (Lipinski definition) is 4. The molecular formula is C14H26N4O. The first-order valence-corrected chi connectivity index (χ1v) is 7.10. The lowest BCUT2D eigenvalue weighted by molar-refractivity contribution is -0.126. The Morgan fingerprint density at radius 3 is 2.58 bits per heavy atom. The Labute approximate surface area is 115 Å². The second kappa shape index (κ2) is 7.38. The first kappa shape index (κ1) is 15.8. The molecule has 0 aliphatic carbocycles. The molecule has 1 rings (SSSR count). The minimum Gasteiger partial charge on any atom is -0.311 e. The first-order chi connectivity index (χ1) is 8.95. The van der Waals surface area contributed by atoms with Crippen LogP contribution in [-0.4, -0.2) is 27.3 Å². The van der Waals surface area contributed by atoms with Crippen LogP contribution in [0.4, 0.5) is 0 Å². The lowest BCUT2D eigenvalue weighted by atomic mass is 9.94. The van der Waals surface area contributed by atoms with Gasteiger partial charge in [0.1, 0.15) is 6.04 Å². The van der Waals surface area contributed by atoms with Crippen molar-refractivity contribution in [3.8, 4) is 0 Å². The molecule has 5 nitrogen and oxygen atoms in total. The van der Waals surface area contributed by atoms with Crippen LogP contribution in [-0.2, 0) is 11.3 Å². The molecule has 1 atom stereocenters. The van der Waals surface area contributed by atoms with E-state index in [4.69, 9.17) is 0 Å². The van der Waals surface area contributed by atoms with Gasteiger partial charge in [-0.2, -0.15) is 0 Å². The fourth-order valence-corrected chi connectivity index (χ4v) is 1.99. The van der Waals surface area contributed by atoms with Crippen LogP contribution >= 0.6 is 0 Å². The molecule has 19 heavy (non-hydrogen) atoms. The summed E-state index contributed by atoms with van der Waals surface area (Å²) in [6.07, 6.45) is 2.69. The van der Waals surface area contributed by atoms with E-state index >= 15 is 0 Å². The van der Waals surface area contributed by atoms with Crippen molar-refractivity contribution < 1.29 is 4.79 Å². The van der Waals surface area contributed by atoms with Crippen molar-refractivity contribution >= 4 is 5.78 Å². The van der Waals surface area contributed by atoms with Crippen molar-refractivity contribution in [3.63, 3.8) is 0 Å². The van der Waals surface area contributed by atoms with Crippen LogP contribution in [0.1, 0.15) is 52.8 Å². The van der Waals surface area contributed by atoms with E-state index in [0.717, 1.165) is 18.7 Å². The van der Waals surface area contributed by atoms with Crippen LogP contribution in [0.25, 0.3) is 0 Å². The van der Waals surface area contributed by atoms with Gasteiger partial charge in [-0.1, -0.05) is 39.8 Å². The maximum atomic E-state index is 12.3. The summed E-state index contributed by atoms with van der Waals surface area (Å²) in [7, 11) is 0. The van der Waals surface area contributed by atoms with Crippen molar-refractivity contribution in [1.82, 2.24) is 20.3 Å². The molecule has 0 aromatic carbocycles. The average molecular weight is 266 g/mol. The molecule has 0 aliphatic rings. The van der Waals surface area contributed by atoms with E-state index in [2.05, 4.69) is 29.5 Å². The number of Topliss-reactive ketones (excluding diaryl/α,β-unsaturated/α-hetero) is 1. The molecule has 1 aromatic rings. The molecule has 0 unspecified atom stereocenters. The third-order valence-corrected chi connectivity index (χ3v) is 3.03. The third kappa shape index (κ3) is 4.74. The number of hydrogen-bond donors (Lipinski definition) is 1. The topological polar surface area (TPSA) is 59.8 Å². The monoisotopic (exact) mass is 266 g/mol. The van der Waals surface area contributed by atoms with Crippen LogP contribution in [0.3, 0.4) is 0 Å². The molecule has 0 saturated heterocycles. The smallest absolute Gasteiger partial charge is 0.159 e. The highest BCUT2D eigenvalue weighted by molar-refractivity contribution is 5.84. The van der Waals surface area contributed by atoms with E-state index in [-0.39, 0.29) is 17.7 Å². The van der Waals surface area contributed by atoms with Crippen LogP contribution in [0, 0.1) is 11.8 Å². The summed E-state index contributed by atoms with van der Waals surface area (Å²) >= 11 is 0. The molecule has 1 heterocycles. The van der Waals surface area contributed by atoms with Crippen LogP contribution in [0.5, 0.6) is 0 Å². The van der Waals surface area contributed by atoms with Gasteiger partial charge in [-0.05, 0) is 18.9 Å². The first-order valence-electron chi connectivity index (χ1n) is 7.10. The Hall–Kier alpha value is -1.23. The van der Waals surface area contributed by atoms with E-state index < -0.39 is 0 Å². The zero-order valence-corrected chi connectivity index (χ0v) is 12.7. The SMILES string of the molecule is CCNCc1cn([C@@H](CC(C)C)C(=O)C(C)C)nn1. The van der Waals surface area contributed by atoms with Crippen molar-refractivity contribution in [2.45, 2.75) is 53.6 Å². The van der Waals surface area contributed by atoms with E-state index in [1.54, 1.807) is 4.68 Å². The number of carbonyl (C=O) groups is 1. The molecule has 1 N–H and O–H groups in total. The summed E-state index contributed by atoms with van der Waals surface area (Å²) in [5.74, 6) is 0.702. The van der Waals surface area contributed by atoms with Gasteiger partial charge in [-0.3, -0.25) is 4.79 Å². The fraction of sp³-hybridized carbons (Fsp3) is 0.786. The van der Waals surface area contributed by atoms with E-state index in [1.807, 2.05) is 27.0 Å². The lowest BCUT2D eigenvalue weighted by Crippen LogP contribution is -2.25. The quantitative estimate of drug-likeness (QED) is 0.783. The van der Waals surface area contributed by atoms with Gasteiger partial charge < -0.3 is 5.32 Å². The van der Waals surface area contributed by atoms with Crippen LogP contribution in [0.2, 0.25) is 0 Å². The number of rotatable bonds is 8. The Morgan fingerprint density at radius 1 is 1.37 bits per heavy atom. The van der Waals surface area contributed by atoms with Gasteiger partial charge in [-0.15, -0.1) is 5.10 Å². The van der Waals surface area contributed by atoms with Gasteiger partial charge in [0, 0.05) is 12.5 Å². The molecule has 0 amide bonds. The van der Waals surface area contributed by atoms with Gasteiger partial charge in [-0.25, -0.2) is 4.68 Å². The van der Waals surface area contributed by atoms with Gasteiger partial charge in [0.15, 0.2) is 5.78 Å². The maximum absolute atomic E-state index is 12.3. The van der Waals surface area contributed by atoms with E-state index in [9.17, 15) is 4.79 Å². The Morgan fingerprint density at radius 2 is 2.05 bits per heavy atom. The number of ketones is 1. The molecule has 0 saturated carbocycles. The highest BCUT2D eigenvalue weighted by Gasteiger charge is 2.25. The normalized spacial score (nSPS) is 13.2. The largest absolute Gasteiger partial charge is 0.311 e. The Kier molecular flexibility index (Phi) is 6.15. The molecule has 0 fully saturated rings. The zero-order chi connectivity index (χ0) is 14.4. The van der Waals surface area contributed by atoms with Crippen LogP contribution < -0.4 is 5.32 Å². The summed E-state index contributed by atoms with van der Waals surface area (Å²) in [6, 6.07) is -0.192. The van der Waals surface area contributed by atoms with Gasteiger partial charge in [0.25, 0.3) is 0 Å². The lowest BCUT2D eigenvalue weighted by Gasteiger charge is -2.19. The second-order valence-electron chi connectivity index (χ2n) is 5.67. The number of aromatic nitrogens is 3. The molecule has 0 bridgehead atoms. The maximum Gasteiger partial charge on any atom is 0.159 e. The molecule has 108 valence electrons. The van der Waals surface area contributed by atoms with Crippen molar-refractivity contribution in [2.75, 3.05) is 6.54 Å². The van der Waals surface area contributed by atoms with E-state index in [0.29, 0.717) is 12.5 Å².